The van der Waals surface area contributed by atoms with Crippen molar-refractivity contribution in [3.8, 4) is 5.88 Å². The molecule has 4 heterocycles. The lowest BCUT2D eigenvalue weighted by atomic mass is 10.0. The average molecular weight is 467 g/mol. The summed E-state index contributed by atoms with van der Waals surface area (Å²) < 4.78 is 24.0. The highest BCUT2D eigenvalue weighted by Gasteiger charge is 2.26. The summed E-state index contributed by atoms with van der Waals surface area (Å²) >= 11 is 0. The molecule has 0 bridgehead atoms. The normalized spacial score (nSPS) is 14.8. The maximum absolute atomic E-state index is 15.5. The highest BCUT2D eigenvalue weighted by molar-refractivity contribution is 6.14. The van der Waals surface area contributed by atoms with E-state index in [-0.39, 0.29) is 11.4 Å². The molecule has 2 N–H and O–H groups in total. The molecule has 10 nitrogen and oxygen atoms in total. The molecule has 0 saturated carbocycles. The van der Waals surface area contributed by atoms with Crippen molar-refractivity contribution in [1.29, 1.82) is 0 Å². The smallest absolute Gasteiger partial charge is 0.261 e. The zero-order chi connectivity index (χ0) is 23.8. The summed E-state index contributed by atoms with van der Waals surface area (Å²) in [7, 11) is 3.21. The van der Waals surface area contributed by atoms with Gasteiger partial charge >= 0.3 is 0 Å². The van der Waals surface area contributed by atoms with Gasteiger partial charge in [-0.3, -0.25) is 13.9 Å². The number of hydrogen-bond acceptors (Lipinski definition) is 7. The van der Waals surface area contributed by atoms with Crippen molar-refractivity contribution < 1.29 is 13.9 Å². The first kappa shape index (κ1) is 22.1. The fourth-order valence-electron chi connectivity index (χ4n) is 4.60. The number of nitrogens with zero attached hydrogens (tertiary/aromatic N) is 6. The number of imidazole rings is 1. The lowest BCUT2D eigenvalue weighted by molar-refractivity contribution is 0.102. The van der Waals surface area contributed by atoms with Crippen LogP contribution in [0.5, 0.6) is 5.88 Å². The van der Waals surface area contributed by atoms with Crippen molar-refractivity contribution in [2.45, 2.75) is 25.8 Å². The number of rotatable bonds is 6. The van der Waals surface area contributed by atoms with Gasteiger partial charge in [0, 0.05) is 56.4 Å². The first-order valence-corrected chi connectivity index (χ1v) is 11.3. The minimum Gasteiger partial charge on any atom is -0.479 e. The number of nitrogens with one attached hydrogen (secondary N) is 2. The Hall–Kier alpha value is -3.73. The molecule has 11 heteroatoms. The van der Waals surface area contributed by atoms with E-state index in [1.807, 2.05) is 6.20 Å². The lowest BCUT2D eigenvalue weighted by Gasteiger charge is -2.34. The second-order valence-corrected chi connectivity index (χ2v) is 8.39. The molecule has 34 heavy (non-hydrogen) atoms. The third kappa shape index (κ3) is 3.92. The van der Waals surface area contributed by atoms with Crippen molar-refractivity contribution in [3.63, 3.8) is 0 Å². The van der Waals surface area contributed by atoms with Crippen LogP contribution in [0.1, 0.15) is 30.1 Å². The summed E-state index contributed by atoms with van der Waals surface area (Å²) in [4.78, 5) is 23.8. The Morgan fingerprint density at radius 3 is 2.82 bits per heavy atom. The van der Waals surface area contributed by atoms with Gasteiger partial charge in [-0.25, -0.2) is 9.37 Å². The first-order chi connectivity index (χ1) is 16.5. The molecule has 1 saturated heterocycles. The Kier molecular flexibility index (Phi) is 5.78. The summed E-state index contributed by atoms with van der Waals surface area (Å²) in [6.45, 7) is 4.65. The molecule has 1 aliphatic rings. The van der Waals surface area contributed by atoms with Crippen LogP contribution in [-0.4, -0.2) is 62.8 Å². The van der Waals surface area contributed by atoms with Crippen molar-refractivity contribution in [2.75, 3.05) is 37.0 Å². The number of aryl methyl sites for hydroxylation is 1. The number of anilines is 2. The van der Waals surface area contributed by atoms with Crippen LogP contribution in [0.2, 0.25) is 0 Å². The van der Waals surface area contributed by atoms with Crippen molar-refractivity contribution in [2.24, 2.45) is 7.05 Å². The van der Waals surface area contributed by atoms with Gasteiger partial charge in [0.05, 0.1) is 12.8 Å². The van der Waals surface area contributed by atoms with Gasteiger partial charge in [-0.1, -0.05) is 6.92 Å². The van der Waals surface area contributed by atoms with E-state index in [1.54, 1.807) is 34.7 Å². The standard InChI is InChI=1S/C23H27FN8O2/c1-4-25-14-5-8-31(9-6-14)18-11-16(24)19(20-15(18)12-30(2)29-20)21(33)27-17-13-32-10-7-26-23(32)28-22(17)34-3/h7,10-14,25H,4-6,8-9H2,1-3H3,(H,27,33). The van der Waals surface area contributed by atoms with Crippen LogP contribution in [0.4, 0.5) is 15.8 Å². The Balaban J connectivity index is 1.49. The summed E-state index contributed by atoms with van der Waals surface area (Å²) in [6, 6.07) is 1.91. The van der Waals surface area contributed by atoms with Gasteiger partial charge in [-0.05, 0) is 25.5 Å². The van der Waals surface area contributed by atoms with E-state index in [2.05, 4.69) is 37.5 Å². The molecule has 0 spiro atoms. The number of amides is 1. The third-order valence-corrected chi connectivity index (χ3v) is 6.19. The van der Waals surface area contributed by atoms with Gasteiger partial charge in [-0.2, -0.15) is 10.1 Å². The van der Waals surface area contributed by atoms with Crippen LogP contribution >= 0.6 is 0 Å². The summed E-state index contributed by atoms with van der Waals surface area (Å²) in [6.07, 6.45) is 8.69. The van der Waals surface area contributed by atoms with Gasteiger partial charge in [0.1, 0.15) is 22.6 Å². The number of methoxy groups -OCH3 is 1. The van der Waals surface area contributed by atoms with Crippen LogP contribution in [0.3, 0.4) is 0 Å². The van der Waals surface area contributed by atoms with E-state index < -0.39 is 11.7 Å². The van der Waals surface area contributed by atoms with E-state index >= 15 is 4.39 Å². The van der Waals surface area contributed by atoms with Gasteiger partial charge in [0.25, 0.3) is 5.91 Å². The molecule has 5 rings (SSSR count). The molecule has 3 aromatic heterocycles. The number of carbonyl (C=O) groups is 1. The Morgan fingerprint density at radius 2 is 2.09 bits per heavy atom. The number of aromatic nitrogens is 5. The molecule has 0 atom stereocenters. The first-order valence-electron chi connectivity index (χ1n) is 11.3. The third-order valence-electron chi connectivity index (χ3n) is 6.19. The van der Waals surface area contributed by atoms with E-state index in [4.69, 9.17) is 4.74 Å². The predicted octanol–water partition coefficient (Wildman–Crippen LogP) is 2.59. The topological polar surface area (TPSA) is 102 Å². The van der Waals surface area contributed by atoms with Crippen LogP contribution in [0.15, 0.2) is 30.9 Å². The monoisotopic (exact) mass is 466 g/mol. The maximum Gasteiger partial charge on any atom is 0.261 e. The molecule has 178 valence electrons. The number of ether oxygens (including phenoxy) is 1. The summed E-state index contributed by atoms with van der Waals surface area (Å²) in [5.74, 6) is -0.637. The highest BCUT2D eigenvalue weighted by atomic mass is 19.1. The van der Waals surface area contributed by atoms with Crippen LogP contribution in [0.25, 0.3) is 16.7 Å². The SMILES string of the molecule is CCNC1CCN(c2cc(F)c(C(=O)Nc3cn4ccnc4nc3OC)c3nn(C)cc23)CC1. The molecule has 4 aromatic rings. The van der Waals surface area contributed by atoms with E-state index in [0.717, 1.165) is 43.5 Å². The van der Waals surface area contributed by atoms with Crippen molar-refractivity contribution in [1.82, 2.24) is 29.5 Å². The number of carbonyl (C=O) groups excluding carboxylic acids is 1. The predicted molar refractivity (Wildman–Crippen MR) is 127 cm³/mol. The van der Waals surface area contributed by atoms with E-state index in [0.29, 0.717) is 23.0 Å². The molecular formula is C23H27FN8O2. The van der Waals surface area contributed by atoms with Gasteiger partial charge < -0.3 is 20.3 Å². The second-order valence-electron chi connectivity index (χ2n) is 8.39. The molecule has 0 aliphatic carbocycles. The molecule has 1 amide bonds. The maximum atomic E-state index is 15.5. The molecule has 1 aromatic carbocycles. The van der Waals surface area contributed by atoms with Gasteiger partial charge in [0.2, 0.25) is 11.7 Å². The molecule has 0 radical (unpaired) electrons. The molecular weight excluding hydrogens is 439 g/mol. The number of fused-ring (bicyclic) bond motifs is 2. The highest BCUT2D eigenvalue weighted by Crippen LogP contribution is 2.33. The summed E-state index contributed by atoms with van der Waals surface area (Å²) in [5, 5.41) is 11.4. The fourth-order valence-corrected chi connectivity index (χ4v) is 4.60. The Morgan fingerprint density at radius 1 is 1.29 bits per heavy atom. The lowest BCUT2D eigenvalue weighted by Crippen LogP contribution is -2.42. The van der Waals surface area contributed by atoms with Crippen LogP contribution < -0.4 is 20.3 Å². The van der Waals surface area contributed by atoms with Crippen LogP contribution in [0, 0.1) is 5.82 Å². The summed E-state index contributed by atoms with van der Waals surface area (Å²) in [5.41, 5.74) is 1.26. The molecule has 1 aliphatic heterocycles. The van der Waals surface area contributed by atoms with Gasteiger partial charge in [-0.15, -0.1) is 0 Å². The van der Waals surface area contributed by atoms with E-state index in [9.17, 15) is 4.79 Å². The Bertz CT molecular complexity index is 1360. The fraction of sp³-hybridized carbons (Fsp3) is 0.391. The Labute approximate surface area is 195 Å². The quantitative estimate of drug-likeness (QED) is 0.450. The van der Waals surface area contributed by atoms with Gasteiger partial charge in [0.15, 0.2) is 0 Å². The van der Waals surface area contributed by atoms with Crippen LogP contribution in [-0.2, 0) is 7.05 Å². The van der Waals surface area contributed by atoms with Crippen molar-refractivity contribution >= 4 is 34.0 Å². The minimum absolute atomic E-state index is 0.116. The zero-order valence-corrected chi connectivity index (χ0v) is 19.4. The number of benzene rings is 1. The number of hydrogen-bond donors (Lipinski definition) is 2. The second kappa shape index (κ2) is 8.90. The van der Waals surface area contributed by atoms with Crippen molar-refractivity contribution in [3.05, 3.63) is 42.2 Å². The number of halogens is 1. The minimum atomic E-state index is -0.627. The molecule has 0 unspecified atom stereocenters. The average Bonchev–Trinajstić information content (AvgIpc) is 3.44. The largest absolute Gasteiger partial charge is 0.479 e. The zero-order valence-electron chi connectivity index (χ0n) is 19.4. The van der Waals surface area contributed by atoms with E-state index in [1.165, 1.54) is 13.2 Å². The number of piperidine rings is 1. The molecule has 1 fully saturated rings.